The molecular formula is C24H19ClFN3O3S. The van der Waals surface area contributed by atoms with Gasteiger partial charge in [-0.05, 0) is 54.6 Å². The first-order chi connectivity index (χ1) is 15.7. The molecule has 33 heavy (non-hydrogen) atoms. The van der Waals surface area contributed by atoms with Crippen LogP contribution in [-0.2, 0) is 10.0 Å². The van der Waals surface area contributed by atoms with Gasteiger partial charge in [-0.15, -0.1) is 0 Å². The molecule has 1 N–H and O–H groups in total. The molecule has 0 saturated carbocycles. The second kappa shape index (κ2) is 8.90. The minimum atomic E-state index is -3.80. The van der Waals surface area contributed by atoms with E-state index < -0.39 is 15.9 Å². The van der Waals surface area contributed by atoms with Crippen molar-refractivity contribution >= 4 is 44.1 Å². The monoisotopic (exact) mass is 483 g/mol. The molecule has 0 spiro atoms. The normalized spacial score (nSPS) is 11.7. The van der Waals surface area contributed by atoms with Crippen LogP contribution in [0.25, 0.3) is 22.2 Å². The van der Waals surface area contributed by atoms with Crippen LogP contribution in [0.5, 0.6) is 0 Å². The van der Waals surface area contributed by atoms with Crippen LogP contribution in [0.4, 0.5) is 10.1 Å². The summed E-state index contributed by atoms with van der Waals surface area (Å²) in [5, 5.41) is 3.42. The van der Waals surface area contributed by atoms with Crippen molar-refractivity contribution in [3.05, 3.63) is 89.2 Å². The lowest BCUT2D eigenvalue weighted by atomic mass is 10.0. The predicted octanol–water partition coefficient (Wildman–Crippen LogP) is 5.20. The average molecular weight is 484 g/mol. The van der Waals surface area contributed by atoms with Crippen molar-refractivity contribution in [2.45, 2.75) is 4.90 Å². The van der Waals surface area contributed by atoms with E-state index in [4.69, 9.17) is 11.6 Å². The molecule has 0 atom stereocenters. The fourth-order valence-corrected chi connectivity index (χ4v) is 4.70. The Morgan fingerprint density at radius 2 is 1.70 bits per heavy atom. The highest BCUT2D eigenvalue weighted by Crippen LogP contribution is 2.29. The lowest BCUT2D eigenvalue weighted by Gasteiger charge is -2.15. The number of aromatic nitrogens is 1. The largest absolute Gasteiger partial charge is 0.322 e. The fourth-order valence-electron chi connectivity index (χ4n) is 3.31. The van der Waals surface area contributed by atoms with Crippen LogP contribution < -0.4 is 5.32 Å². The second-order valence-electron chi connectivity index (χ2n) is 7.47. The summed E-state index contributed by atoms with van der Waals surface area (Å²) < 4.78 is 39.5. The number of benzene rings is 3. The van der Waals surface area contributed by atoms with Gasteiger partial charge in [-0.3, -0.25) is 4.79 Å². The number of sulfonamides is 1. The van der Waals surface area contributed by atoms with Crippen LogP contribution in [0.3, 0.4) is 0 Å². The first-order valence-electron chi connectivity index (χ1n) is 9.86. The quantitative estimate of drug-likeness (QED) is 0.423. The third-order valence-corrected chi connectivity index (χ3v) is 7.35. The Labute approximate surface area is 195 Å². The van der Waals surface area contributed by atoms with Crippen LogP contribution in [0, 0.1) is 5.82 Å². The Morgan fingerprint density at radius 3 is 2.39 bits per heavy atom. The minimum absolute atomic E-state index is 0.0506. The SMILES string of the molecule is CN(C)S(=O)(=O)c1cc(NC(=O)c2cc(-c3ccc(F)cc3)nc3ccccc23)ccc1Cl. The number of nitrogens with one attached hydrogen (secondary N) is 1. The van der Waals surface area contributed by atoms with Crippen molar-refractivity contribution in [2.75, 3.05) is 19.4 Å². The van der Waals surface area contributed by atoms with Gasteiger partial charge in [-0.1, -0.05) is 29.8 Å². The van der Waals surface area contributed by atoms with Crippen molar-refractivity contribution in [3.8, 4) is 11.3 Å². The number of para-hydroxylation sites is 1. The van der Waals surface area contributed by atoms with Gasteiger partial charge in [0.25, 0.3) is 5.91 Å². The van der Waals surface area contributed by atoms with Crippen LogP contribution >= 0.6 is 11.6 Å². The summed E-state index contributed by atoms with van der Waals surface area (Å²) >= 11 is 6.10. The Hall–Kier alpha value is -3.33. The number of nitrogens with zero attached hydrogens (tertiary/aromatic N) is 2. The number of halogens is 2. The Kier molecular flexibility index (Phi) is 6.16. The summed E-state index contributed by atoms with van der Waals surface area (Å²) in [5.74, 6) is -0.823. The zero-order valence-electron chi connectivity index (χ0n) is 17.7. The van der Waals surface area contributed by atoms with Gasteiger partial charge in [-0.25, -0.2) is 22.1 Å². The van der Waals surface area contributed by atoms with Crippen molar-refractivity contribution in [1.82, 2.24) is 9.29 Å². The Bertz CT molecular complexity index is 1470. The smallest absolute Gasteiger partial charge is 0.256 e. The van der Waals surface area contributed by atoms with E-state index in [1.807, 2.05) is 6.07 Å². The van der Waals surface area contributed by atoms with E-state index in [1.54, 1.807) is 36.4 Å². The molecule has 0 saturated heterocycles. The summed E-state index contributed by atoms with van der Waals surface area (Å²) in [7, 11) is -1.00. The van der Waals surface area contributed by atoms with E-state index in [2.05, 4.69) is 10.3 Å². The summed E-state index contributed by atoms with van der Waals surface area (Å²) in [6.45, 7) is 0. The van der Waals surface area contributed by atoms with Crippen molar-refractivity contribution in [3.63, 3.8) is 0 Å². The third-order valence-electron chi connectivity index (χ3n) is 5.05. The van der Waals surface area contributed by atoms with Crippen molar-refractivity contribution < 1.29 is 17.6 Å². The molecule has 9 heteroatoms. The summed E-state index contributed by atoms with van der Waals surface area (Å²) in [6.07, 6.45) is 0. The summed E-state index contributed by atoms with van der Waals surface area (Å²) in [6, 6.07) is 18.9. The first kappa shape index (κ1) is 22.8. The van der Waals surface area contributed by atoms with Gasteiger partial charge < -0.3 is 5.32 Å². The van der Waals surface area contributed by atoms with Gasteiger partial charge in [0.05, 0.1) is 21.8 Å². The number of carbonyl (C=O) groups excluding carboxylic acids is 1. The molecule has 4 aromatic rings. The molecule has 0 bridgehead atoms. The maximum absolute atomic E-state index is 13.4. The van der Waals surface area contributed by atoms with E-state index in [0.717, 1.165) is 4.31 Å². The van der Waals surface area contributed by atoms with Crippen molar-refractivity contribution in [2.24, 2.45) is 0 Å². The molecule has 1 heterocycles. The topological polar surface area (TPSA) is 79.4 Å². The van der Waals surface area contributed by atoms with E-state index in [9.17, 15) is 17.6 Å². The number of hydrogen-bond acceptors (Lipinski definition) is 4. The molecular weight excluding hydrogens is 465 g/mol. The zero-order chi connectivity index (χ0) is 23.8. The molecule has 0 aliphatic heterocycles. The molecule has 0 unspecified atom stereocenters. The molecule has 1 aromatic heterocycles. The predicted molar refractivity (Wildman–Crippen MR) is 127 cm³/mol. The minimum Gasteiger partial charge on any atom is -0.322 e. The Balaban J connectivity index is 1.77. The fraction of sp³-hybridized carbons (Fsp3) is 0.0833. The van der Waals surface area contributed by atoms with Crippen LogP contribution in [-0.4, -0.2) is 37.7 Å². The highest BCUT2D eigenvalue weighted by Gasteiger charge is 2.22. The van der Waals surface area contributed by atoms with E-state index >= 15 is 0 Å². The van der Waals surface area contributed by atoms with Crippen LogP contribution in [0.1, 0.15) is 10.4 Å². The van der Waals surface area contributed by atoms with E-state index in [0.29, 0.717) is 27.7 Å². The third kappa shape index (κ3) is 4.59. The van der Waals surface area contributed by atoms with Gasteiger partial charge in [-0.2, -0.15) is 0 Å². The maximum atomic E-state index is 13.4. The highest BCUT2D eigenvalue weighted by atomic mass is 35.5. The van der Waals surface area contributed by atoms with Crippen LogP contribution in [0.2, 0.25) is 5.02 Å². The Morgan fingerprint density at radius 1 is 1.00 bits per heavy atom. The highest BCUT2D eigenvalue weighted by molar-refractivity contribution is 7.89. The number of fused-ring (bicyclic) bond motifs is 1. The first-order valence-corrected chi connectivity index (χ1v) is 11.7. The zero-order valence-corrected chi connectivity index (χ0v) is 19.3. The second-order valence-corrected chi connectivity index (χ2v) is 9.99. The number of pyridine rings is 1. The molecule has 0 aliphatic carbocycles. The molecule has 0 aliphatic rings. The summed E-state index contributed by atoms with van der Waals surface area (Å²) in [4.78, 5) is 17.7. The lowest BCUT2D eigenvalue weighted by molar-refractivity contribution is 0.102. The van der Waals surface area contributed by atoms with E-state index in [-0.39, 0.29) is 21.4 Å². The molecule has 0 fully saturated rings. The standard InChI is InChI=1S/C24H19ClFN3O3S/c1-29(2)33(31,32)23-13-17(11-12-20(23)25)27-24(30)19-14-22(15-7-9-16(26)10-8-15)28-21-6-4-3-5-18(19)21/h3-14H,1-2H3,(H,27,30). The molecule has 1 amide bonds. The molecule has 6 nitrogen and oxygen atoms in total. The molecule has 3 aromatic carbocycles. The van der Waals surface area contributed by atoms with E-state index in [1.165, 1.54) is 44.4 Å². The average Bonchev–Trinajstić information content (AvgIpc) is 2.79. The number of carbonyl (C=O) groups is 1. The van der Waals surface area contributed by atoms with Gasteiger partial charge in [0, 0.05) is 30.7 Å². The maximum Gasteiger partial charge on any atom is 0.256 e. The number of amides is 1. The number of rotatable bonds is 5. The van der Waals surface area contributed by atoms with Gasteiger partial charge in [0.1, 0.15) is 10.7 Å². The molecule has 168 valence electrons. The van der Waals surface area contributed by atoms with Gasteiger partial charge >= 0.3 is 0 Å². The molecule has 4 rings (SSSR count). The van der Waals surface area contributed by atoms with Crippen LogP contribution in [0.15, 0.2) is 77.7 Å². The summed E-state index contributed by atoms with van der Waals surface area (Å²) in [5.41, 5.74) is 2.37. The lowest BCUT2D eigenvalue weighted by Crippen LogP contribution is -2.23. The molecule has 0 radical (unpaired) electrons. The van der Waals surface area contributed by atoms with Crippen molar-refractivity contribution in [1.29, 1.82) is 0 Å². The number of anilines is 1. The van der Waals surface area contributed by atoms with Gasteiger partial charge in [0.15, 0.2) is 0 Å². The van der Waals surface area contributed by atoms with Gasteiger partial charge in [0.2, 0.25) is 10.0 Å². The number of hydrogen-bond donors (Lipinski definition) is 1.